The molecule has 6 fully saturated rings. The molecule has 2 aromatic carbocycles. The summed E-state index contributed by atoms with van der Waals surface area (Å²) in [5.41, 5.74) is -7.00. The number of methoxy groups -OCH3 is 1. The van der Waals surface area contributed by atoms with Gasteiger partial charge in [-0.3, -0.25) is 14.4 Å². The third-order valence-electron chi connectivity index (χ3n) is 17.6. The lowest BCUT2D eigenvalue weighted by Gasteiger charge is -2.62. The van der Waals surface area contributed by atoms with Crippen molar-refractivity contribution in [1.82, 2.24) is 9.47 Å². The van der Waals surface area contributed by atoms with E-state index in [0.717, 1.165) is 25.3 Å². The van der Waals surface area contributed by atoms with Crippen molar-refractivity contribution in [2.75, 3.05) is 45.0 Å². The summed E-state index contributed by atoms with van der Waals surface area (Å²) in [5, 5.41) is 33.5. The second kappa shape index (κ2) is 17.6. The Labute approximate surface area is 412 Å². The summed E-state index contributed by atoms with van der Waals surface area (Å²) in [6.07, 6.45) is 6.92. The van der Waals surface area contributed by atoms with Crippen LogP contribution < -0.4 is 15.1 Å². The molecule has 10 atom stereocenters. The van der Waals surface area contributed by atoms with Gasteiger partial charge in [-0.05, 0) is 119 Å². The first-order valence-corrected chi connectivity index (χ1v) is 24.6. The van der Waals surface area contributed by atoms with E-state index in [4.69, 9.17) is 18.9 Å². The molecule has 10 rings (SSSR count). The van der Waals surface area contributed by atoms with E-state index in [2.05, 4.69) is 0 Å². The number of Topliss-reactive ketones (excluding diaryl/α,β-unsaturated/α-hetero) is 1. The van der Waals surface area contributed by atoms with E-state index in [1.807, 2.05) is 0 Å². The number of piperidine rings is 1. The number of allylic oxidation sites excluding steroid dienone is 4. The summed E-state index contributed by atoms with van der Waals surface area (Å²) in [6, 6.07) is 5.69. The minimum atomic E-state index is -2.15. The smallest absolute Gasteiger partial charge is 0.412 e. The van der Waals surface area contributed by atoms with E-state index in [1.165, 1.54) is 54.6 Å². The van der Waals surface area contributed by atoms with Crippen molar-refractivity contribution in [3.8, 4) is 5.75 Å². The normalized spacial score (nSPS) is 32.5. The Kier molecular flexibility index (Phi) is 12.0. The number of aromatic nitrogens is 1. The van der Waals surface area contributed by atoms with Gasteiger partial charge in [-0.25, -0.2) is 28.0 Å². The summed E-state index contributed by atoms with van der Waals surface area (Å²) in [4.78, 5) is 94.3. The van der Waals surface area contributed by atoms with Gasteiger partial charge in [0.1, 0.15) is 16.9 Å². The number of esters is 2. The number of rotatable bonds is 11. The number of aromatic carboxylic acids is 1. The van der Waals surface area contributed by atoms with Crippen molar-refractivity contribution in [2.24, 2.45) is 34.5 Å². The molecule has 4 unspecified atom stereocenters. The molecule has 0 bridgehead atoms. The number of carbonyl (C=O) groups excluding carboxylic acids is 5. The van der Waals surface area contributed by atoms with Gasteiger partial charge >= 0.3 is 24.0 Å². The van der Waals surface area contributed by atoms with Gasteiger partial charge in [0, 0.05) is 48.6 Å². The Hall–Kier alpha value is -6.47. The lowest BCUT2D eigenvalue weighted by atomic mass is 9.44. The summed E-state index contributed by atoms with van der Waals surface area (Å²) in [5.74, 6) is -6.89. The molecule has 3 N–H and O–H groups in total. The van der Waals surface area contributed by atoms with Crippen LogP contribution in [0.5, 0.6) is 5.75 Å². The monoisotopic (exact) mass is 997 g/mol. The highest BCUT2D eigenvalue weighted by molar-refractivity contribution is 6.01. The fourth-order valence-electron chi connectivity index (χ4n) is 13.8. The fourth-order valence-corrected chi connectivity index (χ4v) is 13.8. The van der Waals surface area contributed by atoms with Gasteiger partial charge in [0.2, 0.25) is 18.0 Å². The van der Waals surface area contributed by atoms with Crippen molar-refractivity contribution in [1.29, 1.82) is 0 Å². The maximum absolute atomic E-state index is 17.6. The molecule has 5 aliphatic carbocycles. The second-order valence-electron chi connectivity index (χ2n) is 21.2. The van der Waals surface area contributed by atoms with Crippen molar-refractivity contribution in [2.45, 2.75) is 102 Å². The van der Waals surface area contributed by atoms with Gasteiger partial charge in [-0.15, -0.1) is 0 Å². The highest BCUT2D eigenvalue weighted by Gasteiger charge is 2.75. The minimum absolute atomic E-state index is 0.00292. The molecule has 0 spiro atoms. The Morgan fingerprint density at radius 2 is 1.62 bits per heavy atom. The van der Waals surface area contributed by atoms with Crippen LogP contribution in [0.4, 0.5) is 19.3 Å². The number of carbonyl (C=O) groups is 6. The van der Waals surface area contributed by atoms with E-state index < -0.39 is 112 Å². The van der Waals surface area contributed by atoms with Crippen LogP contribution in [0.3, 0.4) is 0 Å². The molecule has 3 heterocycles. The minimum Gasteiger partial charge on any atom is -0.492 e. The lowest BCUT2D eigenvalue weighted by molar-refractivity contribution is -0.219. The molecule has 72 heavy (non-hydrogen) atoms. The summed E-state index contributed by atoms with van der Waals surface area (Å²) >= 11 is 0. The SMILES string of the molecule is COc1c(N2CC3CCCN(C(=O)OCOC(=O)c4ccc(C(=O)OCC(=O)[C@@]5(O)[C@H](C)CC6C7CCC8=CC(=O)C=C[C@]8(C)[C@@]7(F)[C@@H](O)C[C@@]65C)cc4)C3C2)c(F)cc2c(=O)c(C(=O)O)cn(C3CC3)c12. The number of ether oxygens (including phenoxy) is 4. The number of nitrogens with zero attached hydrogens (tertiary/aromatic N) is 3. The number of hydrogen-bond acceptors (Lipinski definition) is 14. The maximum atomic E-state index is 17.6. The molecule has 7 aliphatic rings. The molecular formula is C53H57F2N3O14. The highest BCUT2D eigenvalue weighted by atomic mass is 19.1. The van der Waals surface area contributed by atoms with Gasteiger partial charge in [0.25, 0.3) is 0 Å². The van der Waals surface area contributed by atoms with Crippen LogP contribution in [0.2, 0.25) is 0 Å². The van der Waals surface area contributed by atoms with Crippen LogP contribution in [0, 0.1) is 40.3 Å². The lowest BCUT2D eigenvalue weighted by Crippen LogP contribution is -2.69. The van der Waals surface area contributed by atoms with Crippen LogP contribution in [-0.4, -0.2) is 124 Å². The predicted molar refractivity (Wildman–Crippen MR) is 252 cm³/mol. The first kappa shape index (κ1) is 49.1. The standard InChI is InChI=1S/C53H57F2N3O14/c1-27-18-37-36-14-11-31-19-33(59)15-16-50(31,2)52(36,55)40(60)21-51(37,3)53(27,68)41(61)25-70-47(65)28-7-9-29(10-8-28)48(66)71-26-72-49(67)57-17-5-6-30-22-56(24-39(30)57)43-38(54)20-34-42(45(43)69-4)58(32-12-13-32)23-35(44(34)62)46(63)64/h7-10,15-16,19-20,23,27,30,32,36-37,39-40,60,68H,5-6,11-14,17-18,21-22,24-26H2,1-4H3,(H,63,64)/t27-,30?,36?,37?,39?,40+,50+,51+,52+,53+/m1/s1. The number of carboxylic acid groups (broad SMARTS) is 1. The molecule has 3 aromatic rings. The molecule has 1 amide bonds. The molecular weight excluding hydrogens is 941 g/mol. The van der Waals surface area contributed by atoms with Crippen LogP contribution in [-0.2, 0) is 23.8 Å². The van der Waals surface area contributed by atoms with Crippen molar-refractivity contribution in [3.63, 3.8) is 0 Å². The van der Waals surface area contributed by atoms with Gasteiger partial charge in [0.05, 0.1) is 41.3 Å². The van der Waals surface area contributed by atoms with E-state index >= 15 is 8.78 Å². The summed E-state index contributed by atoms with van der Waals surface area (Å²) in [7, 11) is 1.36. The number of carboxylic acids is 1. The van der Waals surface area contributed by atoms with Crippen LogP contribution >= 0.6 is 0 Å². The van der Waals surface area contributed by atoms with Crippen LogP contribution in [0.15, 0.2) is 65.1 Å². The van der Waals surface area contributed by atoms with Crippen LogP contribution in [0.1, 0.15) is 109 Å². The zero-order chi connectivity index (χ0) is 51.4. The first-order chi connectivity index (χ1) is 34.2. The third-order valence-corrected chi connectivity index (χ3v) is 17.6. The summed E-state index contributed by atoms with van der Waals surface area (Å²) in [6.45, 7) is 4.39. The predicted octanol–water partition coefficient (Wildman–Crippen LogP) is 6.11. The summed E-state index contributed by atoms with van der Waals surface area (Å²) < 4.78 is 57.2. The van der Waals surface area contributed by atoms with E-state index in [-0.39, 0.29) is 58.7 Å². The number of benzene rings is 2. The molecule has 1 aromatic heterocycles. The Morgan fingerprint density at radius 3 is 2.29 bits per heavy atom. The molecule has 19 heteroatoms. The molecule has 17 nitrogen and oxygen atoms in total. The average Bonchev–Trinajstić information content (AvgIpc) is 4.07. The Bertz CT molecular complexity index is 2950. The number of hydrogen-bond donors (Lipinski definition) is 3. The molecule has 4 saturated carbocycles. The molecule has 382 valence electrons. The van der Waals surface area contributed by atoms with Gasteiger partial charge in [-0.1, -0.05) is 25.5 Å². The number of alkyl halides is 1. The topological polar surface area (TPSA) is 229 Å². The van der Waals surface area contributed by atoms with Crippen molar-refractivity contribution < 1.29 is 71.8 Å². The Balaban J connectivity index is 0.743. The van der Waals surface area contributed by atoms with Gasteiger partial charge < -0.3 is 48.6 Å². The first-order valence-electron chi connectivity index (χ1n) is 24.6. The van der Waals surface area contributed by atoms with E-state index in [0.29, 0.717) is 49.9 Å². The second-order valence-corrected chi connectivity index (χ2v) is 21.2. The number of aliphatic hydroxyl groups is 2. The van der Waals surface area contributed by atoms with Crippen molar-refractivity contribution >= 4 is 52.2 Å². The largest absolute Gasteiger partial charge is 0.492 e. The number of anilines is 1. The van der Waals surface area contributed by atoms with Crippen molar-refractivity contribution in [3.05, 3.63) is 93.1 Å². The van der Waals surface area contributed by atoms with Crippen LogP contribution in [0.25, 0.3) is 10.9 Å². The number of fused-ring (bicyclic) bond motifs is 7. The van der Waals surface area contributed by atoms with E-state index in [1.54, 1.807) is 36.3 Å². The maximum Gasteiger partial charge on any atom is 0.412 e. The molecule has 2 saturated heterocycles. The number of ketones is 2. The molecule has 2 aliphatic heterocycles. The number of pyridine rings is 1. The van der Waals surface area contributed by atoms with Gasteiger partial charge in [-0.2, -0.15) is 0 Å². The zero-order valence-electron chi connectivity index (χ0n) is 40.4. The zero-order valence-corrected chi connectivity index (χ0v) is 40.4. The van der Waals surface area contributed by atoms with E-state index in [9.17, 15) is 48.9 Å². The Morgan fingerprint density at radius 1 is 0.931 bits per heavy atom. The number of halogens is 2. The molecule has 0 radical (unpaired) electrons. The highest BCUT2D eigenvalue weighted by Crippen LogP contribution is 2.70. The number of likely N-dealkylation sites (tertiary alicyclic amines) is 1. The average molecular weight is 998 g/mol. The fraction of sp³-hybridized carbons (Fsp3) is 0.528. The van der Waals surface area contributed by atoms with Gasteiger partial charge in [0.15, 0.2) is 29.6 Å². The number of aliphatic hydroxyl groups excluding tert-OH is 1. The number of amides is 1. The quantitative estimate of drug-likeness (QED) is 0.146. The third kappa shape index (κ3) is 7.37.